The summed E-state index contributed by atoms with van der Waals surface area (Å²) in [7, 11) is 1.71. The van der Waals surface area contributed by atoms with Gasteiger partial charge in [-0.2, -0.15) is 5.10 Å². The van der Waals surface area contributed by atoms with Gasteiger partial charge in [0, 0.05) is 19.2 Å². The zero-order chi connectivity index (χ0) is 14.8. The molecule has 0 saturated carbocycles. The third-order valence-corrected chi connectivity index (χ3v) is 3.10. The molecule has 1 rings (SSSR count). The minimum Gasteiger partial charge on any atom is -0.345 e. The molecule has 1 unspecified atom stereocenters. The van der Waals surface area contributed by atoms with Crippen molar-refractivity contribution in [2.45, 2.75) is 40.7 Å². The van der Waals surface area contributed by atoms with Gasteiger partial charge in [0.25, 0.3) is 0 Å². The van der Waals surface area contributed by atoms with Gasteiger partial charge in [0.2, 0.25) is 0 Å². The van der Waals surface area contributed by atoms with Crippen molar-refractivity contribution in [3.05, 3.63) is 11.8 Å². The summed E-state index contributed by atoms with van der Waals surface area (Å²) < 4.78 is 1.52. The lowest BCUT2D eigenvalue weighted by molar-refractivity contribution is -0.137. The molecule has 19 heavy (non-hydrogen) atoms. The van der Waals surface area contributed by atoms with Crippen molar-refractivity contribution in [3.63, 3.8) is 0 Å². The fourth-order valence-corrected chi connectivity index (χ4v) is 1.38. The second kappa shape index (κ2) is 5.42. The van der Waals surface area contributed by atoms with Gasteiger partial charge in [0.1, 0.15) is 5.82 Å². The predicted octanol–water partition coefficient (Wildman–Crippen LogP) is 1.22. The van der Waals surface area contributed by atoms with Gasteiger partial charge in [0.15, 0.2) is 0 Å². The quantitative estimate of drug-likeness (QED) is 0.790. The van der Waals surface area contributed by atoms with Crippen molar-refractivity contribution in [2.24, 2.45) is 12.5 Å². The molecule has 0 bridgehead atoms. The Morgan fingerprint density at radius 2 is 1.89 bits per heavy atom. The van der Waals surface area contributed by atoms with Crippen LogP contribution in [0.2, 0.25) is 0 Å². The van der Waals surface area contributed by atoms with Crippen molar-refractivity contribution < 1.29 is 9.59 Å². The summed E-state index contributed by atoms with van der Waals surface area (Å²) in [6, 6.07) is 1.61. The van der Waals surface area contributed by atoms with Crippen molar-refractivity contribution in [1.82, 2.24) is 15.1 Å². The van der Waals surface area contributed by atoms with Crippen LogP contribution in [0.5, 0.6) is 0 Å². The Morgan fingerprint density at radius 3 is 2.32 bits per heavy atom. The highest BCUT2D eigenvalue weighted by Gasteiger charge is 2.25. The molecule has 0 aliphatic carbocycles. The molecule has 2 N–H and O–H groups in total. The molecule has 0 aliphatic rings. The van der Waals surface area contributed by atoms with E-state index in [1.54, 1.807) is 13.1 Å². The molecule has 1 heterocycles. The Kier molecular flexibility index (Phi) is 4.34. The topological polar surface area (TPSA) is 76.0 Å². The number of aromatic nitrogens is 2. The monoisotopic (exact) mass is 266 g/mol. The van der Waals surface area contributed by atoms with Gasteiger partial charge in [-0.3, -0.25) is 14.3 Å². The van der Waals surface area contributed by atoms with Gasteiger partial charge < -0.3 is 10.6 Å². The summed E-state index contributed by atoms with van der Waals surface area (Å²) in [6.45, 7) is 9.69. The predicted molar refractivity (Wildman–Crippen MR) is 73.6 cm³/mol. The fourth-order valence-electron chi connectivity index (χ4n) is 1.38. The van der Waals surface area contributed by atoms with Gasteiger partial charge in [-0.05, 0) is 19.3 Å². The third-order valence-electron chi connectivity index (χ3n) is 3.10. The molecule has 0 saturated heterocycles. The van der Waals surface area contributed by atoms with Gasteiger partial charge in [-0.1, -0.05) is 20.8 Å². The number of amides is 2. The smallest absolute Gasteiger partial charge is 0.314 e. The SMILES string of the molecule is Cc1cc(NC(=O)C(=O)NC(C)C(C)(C)C)n(C)n1. The van der Waals surface area contributed by atoms with E-state index >= 15 is 0 Å². The molecule has 106 valence electrons. The zero-order valence-electron chi connectivity index (χ0n) is 12.4. The first kappa shape index (κ1) is 15.2. The summed E-state index contributed by atoms with van der Waals surface area (Å²) in [5.74, 6) is -0.818. The Bertz CT molecular complexity index is 485. The maximum atomic E-state index is 11.8. The Morgan fingerprint density at radius 1 is 1.32 bits per heavy atom. The lowest BCUT2D eigenvalue weighted by Crippen LogP contribution is -2.46. The number of anilines is 1. The summed E-state index contributed by atoms with van der Waals surface area (Å²) >= 11 is 0. The van der Waals surface area contributed by atoms with E-state index in [-0.39, 0.29) is 11.5 Å². The number of nitrogens with zero attached hydrogens (tertiary/aromatic N) is 2. The van der Waals surface area contributed by atoms with Gasteiger partial charge >= 0.3 is 11.8 Å². The van der Waals surface area contributed by atoms with E-state index in [2.05, 4.69) is 15.7 Å². The van der Waals surface area contributed by atoms with Crippen LogP contribution in [0, 0.1) is 12.3 Å². The van der Waals surface area contributed by atoms with Crippen molar-refractivity contribution in [2.75, 3.05) is 5.32 Å². The second-order valence-corrected chi connectivity index (χ2v) is 5.81. The number of aryl methyl sites for hydroxylation is 2. The average molecular weight is 266 g/mol. The minimum atomic E-state index is -0.681. The fraction of sp³-hybridized carbons (Fsp3) is 0.615. The Labute approximate surface area is 113 Å². The van der Waals surface area contributed by atoms with Crippen LogP contribution in [0.15, 0.2) is 6.07 Å². The zero-order valence-corrected chi connectivity index (χ0v) is 12.4. The van der Waals surface area contributed by atoms with E-state index in [4.69, 9.17) is 0 Å². The molecule has 2 amide bonds. The van der Waals surface area contributed by atoms with Gasteiger partial charge in [-0.15, -0.1) is 0 Å². The first-order chi connectivity index (χ1) is 8.61. The maximum absolute atomic E-state index is 11.8. The molecular weight excluding hydrogens is 244 g/mol. The van der Waals surface area contributed by atoms with E-state index in [9.17, 15) is 9.59 Å². The highest BCUT2D eigenvalue weighted by molar-refractivity contribution is 6.39. The van der Waals surface area contributed by atoms with Gasteiger partial charge in [0.05, 0.1) is 5.69 Å². The van der Waals surface area contributed by atoms with Crippen molar-refractivity contribution in [1.29, 1.82) is 0 Å². The van der Waals surface area contributed by atoms with Crippen LogP contribution in [0.4, 0.5) is 5.82 Å². The standard InChI is InChI=1S/C13H22N4O2/c1-8-7-10(17(6)16-8)15-12(19)11(18)14-9(2)13(3,4)5/h7,9H,1-6H3,(H,14,18)(H,15,19). The summed E-state index contributed by atoms with van der Waals surface area (Å²) in [5, 5.41) is 9.32. The number of carbonyl (C=O) groups excluding carboxylic acids is 2. The largest absolute Gasteiger partial charge is 0.345 e. The molecule has 0 aliphatic heterocycles. The first-order valence-electron chi connectivity index (χ1n) is 6.23. The molecule has 1 atom stereocenters. The molecule has 0 aromatic carbocycles. The van der Waals surface area contributed by atoms with Gasteiger partial charge in [-0.25, -0.2) is 0 Å². The molecule has 0 fully saturated rings. The number of nitrogens with one attached hydrogen (secondary N) is 2. The number of hydrogen-bond acceptors (Lipinski definition) is 3. The highest BCUT2D eigenvalue weighted by atomic mass is 16.2. The molecule has 0 spiro atoms. The maximum Gasteiger partial charge on any atom is 0.314 e. The normalized spacial score (nSPS) is 12.9. The lowest BCUT2D eigenvalue weighted by Gasteiger charge is -2.27. The lowest BCUT2D eigenvalue weighted by atomic mass is 9.88. The van der Waals surface area contributed by atoms with E-state index in [0.717, 1.165) is 5.69 Å². The second-order valence-electron chi connectivity index (χ2n) is 5.81. The number of hydrogen-bond donors (Lipinski definition) is 2. The minimum absolute atomic E-state index is 0.0981. The third kappa shape index (κ3) is 4.08. The summed E-state index contributed by atoms with van der Waals surface area (Å²) in [6.07, 6.45) is 0. The highest BCUT2D eigenvalue weighted by Crippen LogP contribution is 2.18. The van der Waals surface area contributed by atoms with Crippen LogP contribution < -0.4 is 10.6 Å². The van der Waals surface area contributed by atoms with Crippen LogP contribution in [0.1, 0.15) is 33.4 Å². The number of rotatable bonds is 2. The number of carbonyl (C=O) groups is 2. The molecular formula is C13H22N4O2. The first-order valence-corrected chi connectivity index (χ1v) is 6.23. The van der Waals surface area contributed by atoms with Crippen LogP contribution in [0.25, 0.3) is 0 Å². The van der Waals surface area contributed by atoms with Crippen LogP contribution >= 0.6 is 0 Å². The van der Waals surface area contributed by atoms with Crippen LogP contribution in [-0.2, 0) is 16.6 Å². The average Bonchev–Trinajstić information content (AvgIpc) is 2.55. The van der Waals surface area contributed by atoms with Crippen molar-refractivity contribution >= 4 is 17.6 Å². The molecule has 6 nitrogen and oxygen atoms in total. The Balaban J connectivity index is 2.64. The Hall–Kier alpha value is -1.85. The van der Waals surface area contributed by atoms with Crippen LogP contribution in [-0.4, -0.2) is 27.6 Å². The summed E-state index contributed by atoms with van der Waals surface area (Å²) in [5.41, 5.74) is 0.681. The van der Waals surface area contributed by atoms with Crippen molar-refractivity contribution in [3.8, 4) is 0 Å². The summed E-state index contributed by atoms with van der Waals surface area (Å²) in [4.78, 5) is 23.5. The molecule has 1 aromatic rings. The molecule has 0 radical (unpaired) electrons. The van der Waals surface area contributed by atoms with E-state index in [0.29, 0.717) is 5.82 Å². The van der Waals surface area contributed by atoms with Crippen LogP contribution in [0.3, 0.4) is 0 Å². The molecule has 6 heteroatoms. The van der Waals surface area contributed by atoms with E-state index in [1.807, 2.05) is 34.6 Å². The van der Waals surface area contributed by atoms with E-state index < -0.39 is 11.8 Å². The van der Waals surface area contributed by atoms with E-state index in [1.165, 1.54) is 4.68 Å². The molecule has 1 aromatic heterocycles.